The van der Waals surface area contributed by atoms with Gasteiger partial charge in [-0.1, -0.05) is 13.0 Å². The summed E-state index contributed by atoms with van der Waals surface area (Å²) in [5, 5.41) is 0. The molecule has 0 saturated heterocycles. The summed E-state index contributed by atoms with van der Waals surface area (Å²) in [5.74, 6) is -0.380. The zero-order valence-electron chi connectivity index (χ0n) is 18.4. The quantitative estimate of drug-likeness (QED) is 0.330. The van der Waals surface area contributed by atoms with Gasteiger partial charge in [0.25, 0.3) is 0 Å². The van der Waals surface area contributed by atoms with Crippen molar-refractivity contribution in [2.75, 3.05) is 6.54 Å². The summed E-state index contributed by atoms with van der Waals surface area (Å²) in [4.78, 5) is 19.2. The van der Waals surface area contributed by atoms with Crippen molar-refractivity contribution in [3.63, 3.8) is 0 Å². The van der Waals surface area contributed by atoms with E-state index >= 15 is 0 Å². The van der Waals surface area contributed by atoms with Gasteiger partial charge in [-0.25, -0.2) is 14.2 Å². The van der Waals surface area contributed by atoms with Gasteiger partial charge in [-0.2, -0.15) is 13.2 Å². The fourth-order valence-corrected chi connectivity index (χ4v) is 4.84. The van der Waals surface area contributed by atoms with Gasteiger partial charge in [-0.3, -0.25) is 4.90 Å². The van der Waals surface area contributed by atoms with E-state index in [0.29, 0.717) is 31.5 Å². The number of imidazole rings is 1. The van der Waals surface area contributed by atoms with Crippen LogP contribution in [0.4, 0.5) is 22.4 Å². The minimum Gasteiger partial charge on any atom is -0.444 e. The van der Waals surface area contributed by atoms with Crippen LogP contribution in [0.15, 0.2) is 18.2 Å². The Morgan fingerprint density at radius 1 is 1.25 bits per heavy atom. The lowest BCUT2D eigenvalue weighted by molar-refractivity contribution is -0.140. The molecule has 176 valence electrons. The first-order chi connectivity index (χ1) is 14.8. The average molecular weight is 567 g/mol. The fraction of sp³-hybridized carbons (Fsp3) is 0.545. The Bertz CT molecular complexity index is 998. The first-order valence-corrected chi connectivity index (χ1v) is 11.5. The number of amides is 1. The van der Waals surface area contributed by atoms with Gasteiger partial charge in [0.1, 0.15) is 20.9 Å². The molecule has 3 rings (SSSR count). The smallest absolute Gasteiger partial charge is 0.419 e. The lowest BCUT2D eigenvalue weighted by atomic mass is 9.99. The molecule has 1 aliphatic rings. The lowest BCUT2D eigenvalue weighted by Crippen LogP contribution is -2.45. The summed E-state index contributed by atoms with van der Waals surface area (Å²) >= 11 is 2.14. The molecule has 10 heteroatoms. The molecule has 1 aromatic heterocycles. The second-order valence-corrected chi connectivity index (χ2v) is 9.77. The Balaban J connectivity index is 1.90. The minimum atomic E-state index is -4.74. The van der Waals surface area contributed by atoms with Gasteiger partial charge in [0.05, 0.1) is 17.3 Å². The van der Waals surface area contributed by atoms with Crippen molar-refractivity contribution >= 4 is 28.7 Å². The summed E-state index contributed by atoms with van der Waals surface area (Å²) in [6.45, 7) is 8.38. The van der Waals surface area contributed by atoms with Crippen LogP contribution in [-0.2, 0) is 30.3 Å². The van der Waals surface area contributed by atoms with E-state index < -0.39 is 29.3 Å². The van der Waals surface area contributed by atoms with Gasteiger partial charge in [0, 0.05) is 19.5 Å². The number of fused-ring (bicyclic) bond motifs is 1. The molecule has 0 bridgehead atoms. The molecule has 0 fully saturated rings. The number of hydrogen-bond donors (Lipinski definition) is 0. The third-order valence-electron chi connectivity index (χ3n) is 5.29. The molecule has 0 radical (unpaired) electrons. The summed E-state index contributed by atoms with van der Waals surface area (Å²) < 4.78 is 61.1. The number of aryl methyl sites for hydroxylation is 2. The molecule has 0 aliphatic carbocycles. The normalized spacial score (nSPS) is 16.8. The minimum absolute atomic E-state index is 0.293. The SMILES string of the molecule is CCc1nc(I)c2n1CCN(C(=O)OC(C)(C)C)C2CCc1ccc(C(F)(F)F)c(F)c1. The van der Waals surface area contributed by atoms with Gasteiger partial charge >= 0.3 is 12.3 Å². The number of hydrogen-bond acceptors (Lipinski definition) is 3. The number of benzene rings is 1. The molecule has 1 aromatic carbocycles. The van der Waals surface area contributed by atoms with Crippen molar-refractivity contribution in [1.82, 2.24) is 14.5 Å². The molecule has 2 aromatic rings. The maximum absolute atomic E-state index is 14.0. The summed E-state index contributed by atoms with van der Waals surface area (Å²) in [7, 11) is 0. The summed E-state index contributed by atoms with van der Waals surface area (Å²) in [6.07, 6.45) is -3.77. The van der Waals surface area contributed by atoms with E-state index in [2.05, 4.69) is 32.1 Å². The van der Waals surface area contributed by atoms with Crippen LogP contribution in [0.3, 0.4) is 0 Å². The Hall–Kier alpha value is -1.85. The highest BCUT2D eigenvalue weighted by atomic mass is 127. The van der Waals surface area contributed by atoms with E-state index in [1.165, 1.54) is 6.07 Å². The van der Waals surface area contributed by atoms with Crippen molar-refractivity contribution in [1.29, 1.82) is 0 Å². The predicted octanol–water partition coefficient (Wildman–Crippen LogP) is 6.13. The van der Waals surface area contributed by atoms with Crippen molar-refractivity contribution in [3.8, 4) is 0 Å². The van der Waals surface area contributed by atoms with Gasteiger partial charge in [-0.05, 0) is 73.9 Å². The van der Waals surface area contributed by atoms with Crippen molar-refractivity contribution in [2.24, 2.45) is 0 Å². The Morgan fingerprint density at radius 3 is 2.50 bits per heavy atom. The lowest BCUT2D eigenvalue weighted by Gasteiger charge is -2.38. The third kappa shape index (κ3) is 5.37. The molecule has 2 heterocycles. The summed E-state index contributed by atoms with van der Waals surface area (Å²) in [5.41, 5.74) is -0.638. The summed E-state index contributed by atoms with van der Waals surface area (Å²) in [6, 6.07) is 2.58. The van der Waals surface area contributed by atoms with Crippen LogP contribution < -0.4 is 0 Å². The van der Waals surface area contributed by atoms with Gasteiger partial charge in [0.2, 0.25) is 0 Å². The molecule has 0 saturated carbocycles. The molecule has 32 heavy (non-hydrogen) atoms. The van der Waals surface area contributed by atoms with Crippen LogP contribution in [0.2, 0.25) is 0 Å². The van der Waals surface area contributed by atoms with E-state index in [1.54, 1.807) is 25.7 Å². The fourth-order valence-electron chi connectivity index (χ4n) is 3.91. The molecular weight excluding hydrogens is 541 g/mol. The maximum atomic E-state index is 14.0. The maximum Gasteiger partial charge on any atom is 0.419 e. The Kier molecular flexibility index (Phi) is 7.11. The van der Waals surface area contributed by atoms with Gasteiger partial charge in [0.15, 0.2) is 0 Å². The number of rotatable bonds is 4. The van der Waals surface area contributed by atoms with Gasteiger partial charge in [-0.15, -0.1) is 0 Å². The van der Waals surface area contributed by atoms with E-state index in [1.807, 2.05) is 6.92 Å². The number of ether oxygens (including phenoxy) is 1. The van der Waals surface area contributed by atoms with Crippen LogP contribution in [0.5, 0.6) is 0 Å². The molecular formula is C22H26F4IN3O2. The number of carbonyl (C=O) groups is 1. The largest absolute Gasteiger partial charge is 0.444 e. The Morgan fingerprint density at radius 2 is 1.94 bits per heavy atom. The predicted molar refractivity (Wildman–Crippen MR) is 120 cm³/mol. The van der Waals surface area contributed by atoms with Crippen LogP contribution in [0.25, 0.3) is 0 Å². The number of alkyl halides is 3. The van der Waals surface area contributed by atoms with E-state index in [-0.39, 0.29) is 6.04 Å². The highest BCUT2D eigenvalue weighted by Gasteiger charge is 2.37. The second kappa shape index (κ2) is 9.18. The van der Waals surface area contributed by atoms with Gasteiger partial charge < -0.3 is 9.30 Å². The van der Waals surface area contributed by atoms with E-state index in [4.69, 9.17) is 4.74 Å². The first-order valence-electron chi connectivity index (χ1n) is 10.4. The number of nitrogens with zero attached hydrogens (tertiary/aromatic N) is 3. The first kappa shape index (κ1) is 24.8. The van der Waals surface area contributed by atoms with Crippen molar-refractivity contribution in [3.05, 3.63) is 50.4 Å². The highest BCUT2D eigenvalue weighted by Crippen LogP contribution is 2.36. The van der Waals surface area contributed by atoms with E-state index in [9.17, 15) is 22.4 Å². The molecule has 1 aliphatic heterocycles. The average Bonchev–Trinajstić information content (AvgIpc) is 3.00. The second-order valence-electron chi connectivity index (χ2n) is 8.75. The third-order valence-corrected chi connectivity index (χ3v) is 6.08. The zero-order valence-corrected chi connectivity index (χ0v) is 20.6. The number of halogens is 5. The van der Waals surface area contributed by atoms with Crippen LogP contribution in [0, 0.1) is 9.52 Å². The molecule has 0 spiro atoms. The number of carbonyl (C=O) groups excluding carboxylic acids is 1. The Labute approximate surface area is 198 Å². The molecule has 0 N–H and O–H groups in total. The van der Waals surface area contributed by atoms with Crippen molar-refractivity contribution in [2.45, 2.75) is 71.3 Å². The van der Waals surface area contributed by atoms with Crippen molar-refractivity contribution < 1.29 is 27.1 Å². The molecule has 1 amide bonds. The van der Waals surface area contributed by atoms with E-state index in [0.717, 1.165) is 33.8 Å². The molecule has 1 unspecified atom stereocenters. The topological polar surface area (TPSA) is 47.4 Å². The molecule has 1 atom stereocenters. The standard InChI is InChI=1S/C22H26F4IN3O2/c1-5-17-28-19(27)18-16(29(10-11-30(17)18)20(31)32-21(2,3)4)9-7-13-6-8-14(15(23)12-13)22(24,25)26/h6,8,12,16H,5,7,9-11H2,1-4H3. The van der Waals surface area contributed by atoms with Crippen LogP contribution >= 0.6 is 22.6 Å². The molecule has 5 nitrogen and oxygen atoms in total. The zero-order chi connectivity index (χ0) is 23.8. The number of aromatic nitrogens is 2. The van der Waals surface area contributed by atoms with Crippen LogP contribution in [0.1, 0.15) is 62.8 Å². The highest BCUT2D eigenvalue weighted by molar-refractivity contribution is 14.1. The monoisotopic (exact) mass is 567 g/mol. The van der Waals surface area contributed by atoms with Crippen LogP contribution in [-0.4, -0.2) is 32.7 Å².